The van der Waals surface area contributed by atoms with E-state index >= 15 is 0 Å². The summed E-state index contributed by atoms with van der Waals surface area (Å²) in [5.41, 5.74) is 3.08. The van der Waals surface area contributed by atoms with Crippen LogP contribution in [0.2, 0.25) is 0 Å². The zero-order valence-electron chi connectivity index (χ0n) is 12.1. The number of para-hydroxylation sites is 1. The van der Waals surface area contributed by atoms with Crippen molar-refractivity contribution in [2.75, 3.05) is 7.05 Å². The van der Waals surface area contributed by atoms with Crippen LogP contribution in [0.25, 0.3) is 0 Å². The van der Waals surface area contributed by atoms with Crippen LogP contribution in [0.3, 0.4) is 0 Å². The van der Waals surface area contributed by atoms with Gasteiger partial charge in [0.15, 0.2) is 0 Å². The van der Waals surface area contributed by atoms with Gasteiger partial charge in [-0.3, -0.25) is 4.79 Å². The maximum Gasteiger partial charge on any atom is 0.257 e. The Kier molecular flexibility index (Phi) is 3.65. The van der Waals surface area contributed by atoms with Crippen molar-refractivity contribution in [1.29, 1.82) is 0 Å². The van der Waals surface area contributed by atoms with E-state index in [1.165, 1.54) is 11.1 Å². The number of hydrogen-bond donors (Lipinski definition) is 1. The summed E-state index contributed by atoms with van der Waals surface area (Å²) in [4.78, 5) is 14.3. The Morgan fingerprint density at radius 1 is 1.10 bits per heavy atom. The second-order valence-corrected chi connectivity index (χ2v) is 5.60. The molecule has 2 aromatic rings. The number of aryl methyl sites for hydroxylation is 1. The maximum absolute atomic E-state index is 12.5. The van der Waals surface area contributed by atoms with Gasteiger partial charge in [0, 0.05) is 13.1 Å². The van der Waals surface area contributed by atoms with E-state index in [1.807, 2.05) is 13.1 Å². The highest BCUT2D eigenvalue weighted by molar-refractivity contribution is 5.96. The minimum Gasteiger partial charge on any atom is -0.507 e. The number of phenolic OH excluding ortho intramolecular Hbond substituents is 1. The molecule has 2 aromatic carbocycles. The zero-order chi connectivity index (χ0) is 14.8. The largest absolute Gasteiger partial charge is 0.507 e. The summed E-state index contributed by atoms with van der Waals surface area (Å²) < 4.78 is 0. The number of aromatic hydroxyl groups is 1. The van der Waals surface area contributed by atoms with Crippen LogP contribution in [0.1, 0.15) is 27.9 Å². The molecule has 0 heterocycles. The molecule has 0 bridgehead atoms. The number of hydrogen-bond acceptors (Lipinski definition) is 2. The predicted octanol–water partition coefficient (Wildman–Crippen LogP) is 3.02. The number of rotatable bonds is 2. The third-order valence-electron chi connectivity index (χ3n) is 4.32. The molecule has 3 nitrogen and oxygen atoms in total. The molecule has 1 aliphatic rings. The van der Waals surface area contributed by atoms with E-state index in [4.69, 9.17) is 0 Å². The Morgan fingerprint density at radius 3 is 2.52 bits per heavy atom. The van der Waals surface area contributed by atoms with E-state index in [2.05, 4.69) is 18.2 Å². The van der Waals surface area contributed by atoms with Crippen molar-refractivity contribution in [3.8, 4) is 5.75 Å². The Labute approximate surface area is 124 Å². The highest BCUT2D eigenvalue weighted by atomic mass is 16.3. The summed E-state index contributed by atoms with van der Waals surface area (Å²) in [6.45, 7) is 0. The van der Waals surface area contributed by atoms with Gasteiger partial charge in [0.25, 0.3) is 5.91 Å². The second kappa shape index (κ2) is 5.60. The van der Waals surface area contributed by atoms with Crippen molar-refractivity contribution in [3.05, 3.63) is 65.2 Å². The first-order valence-electron chi connectivity index (χ1n) is 7.29. The summed E-state index contributed by atoms with van der Waals surface area (Å²) >= 11 is 0. The fraction of sp³-hybridized carbons (Fsp3) is 0.278. The number of fused-ring (bicyclic) bond motifs is 1. The molecule has 1 aliphatic carbocycles. The van der Waals surface area contributed by atoms with Crippen LogP contribution >= 0.6 is 0 Å². The van der Waals surface area contributed by atoms with E-state index in [0.29, 0.717) is 5.56 Å². The molecule has 108 valence electrons. The number of phenols is 1. The number of carbonyl (C=O) groups is 1. The lowest BCUT2D eigenvalue weighted by Gasteiger charge is -2.32. The molecule has 1 N–H and O–H groups in total. The van der Waals surface area contributed by atoms with Gasteiger partial charge in [-0.1, -0.05) is 36.4 Å². The first-order valence-corrected chi connectivity index (χ1v) is 7.29. The number of nitrogens with zero attached hydrogens (tertiary/aromatic N) is 1. The van der Waals surface area contributed by atoms with E-state index in [9.17, 15) is 9.90 Å². The van der Waals surface area contributed by atoms with E-state index in [0.717, 1.165) is 19.3 Å². The Morgan fingerprint density at radius 2 is 1.76 bits per heavy atom. The molecule has 0 fully saturated rings. The molecule has 0 aliphatic heterocycles. The first kappa shape index (κ1) is 13.7. The van der Waals surface area contributed by atoms with Gasteiger partial charge in [-0.2, -0.15) is 0 Å². The topological polar surface area (TPSA) is 40.5 Å². The molecule has 21 heavy (non-hydrogen) atoms. The molecule has 3 heteroatoms. The lowest BCUT2D eigenvalue weighted by Crippen LogP contribution is -2.40. The van der Waals surface area contributed by atoms with Crippen molar-refractivity contribution in [2.24, 2.45) is 0 Å². The minimum absolute atomic E-state index is 0.0468. The van der Waals surface area contributed by atoms with Gasteiger partial charge in [-0.25, -0.2) is 0 Å². The van der Waals surface area contributed by atoms with Crippen LogP contribution in [0.15, 0.2) is 48.5 Å². The average Bonchev–Trinajstić information content (AvgIpc) is 2.53. The monoisotopic (exact) mass is 281 g/mol. The normalized spacial score (nSPS) is 17.1. The Hall–Kier alpha value is -2.29. The van der Waals surface area contributed by atoms with E-state index in [1.54, 1.807) is 29.2 Å². The second-order valence-electron chi connectivity index (χ2n) is 5.60. The molecule has 1 atom stereocenters. The van der Waals surface area contributed by atoms with Gasteiger partial charge in [-0.05, 0) is 42.5 Å². The smallest absolute Gasteiger partial charge is 0.257 e. The standard InChI is InChI=1S/C18H19NO2/c1-19(18(21)16-8-4-5-9-17(16)20)15-11-10-13-6-2-3-7-14(13)12-15/h2-9,15,20H,10-12H2,1H3/t15-/m0/s1. The fourth-order valence-electron chi connectivity index (χ4n) is 3.02. The van der Waals surface area contributed by atoms with Gasteiger partial charge in [0.2, 0.25) is 0 Å². The third-order valence-corrected chi connectivity index (χ3v) is 4.32. The van der Waals surface area contributed by atoms with Crippen LogP contribution in [-0.2, 0) is 12.8 Å². The number of benzene rings is 2. The third kappa shape index (κ3) is 2.64. The van der Waals surface area contributed by atoms with E-state index < -0.39 is 0 Å². The van der Waals surface area contributed by atoms with Gasteiger partial charge in [-0.15, -0.1) is 0 Å². The highest BCUT2D eigenvalue weighted by Gasteiger charge is 2.26. The molecule has 0 saturated heterocycles. The summed E-state index contributed by atoms with van der Waals surface area (Å²) in [5, 5.41) is 9.84. The van der Waals surface area contributed by atoms with Crippen LogP contribution < -0.4 is 0 Å². The summed E-state index contributed by atoms with van der Waals surface area (Å²) in [5.74, 6) is -0.0666. The quantitative estimate of drug-likeness (QED) is 0.919. The first-order chi connectivity index (χ1) is 10.2. The Balaban J connectivity index is 1.79. The molecule has 0 radical (unpaired) electrons. The fourth-order valence-corrected chi connectivity index (χ4v) is 3.02. The van der Waals surface area contributed by atoms with Crippen LogP contribution in [-0.4, -0.2) is 29.0 Å². The number of likely N-dealkylation sites (N-methyl/N-ethyl adjacent to an activating group) is 1. The molecular formula is C18H19NO2. The lowest BCUT2D eigenvalue weighted by atomic mass is 9.87. The van der Waals surface area contributed by atoms with Crippen molar-refractivity contribution in [2.45, 2.75) is 25.3 Å². The van der Waals surface area contributed by atoms with Gasteiger partial charge in [0.1, 0.15) is 5.75 Å². The summed E-state index contributed by atoms with van der Waals surface area (Å²) in [7, 11) is 1.83. The number of carbonyl (C=O) groups excluding carboxylic acids is 1. The van der Waals surface area contributed by atoms with Crippen molar-refractivity contribution in [3.63, 3.8) is 0 Å². The Bertz CT molecular complexity index is 666. The summed E-state index contributed by atoms with van der Waals surface area (Å²) in [6, 6.07) is 15.3. The molecular weight excluding hydrogens is 262 g/mol. The molecule has 0 spiro atoms. The predicted molar refractivity (Wildman–Crippen MR) is 82.5 cm³/mol. The van der Waals surface area contributed by atoms with Crippen molar-refractivity contribution >= 4 is 5.91 Å². The minimum atomic E-state index is -0.113. The van der Waals surface area contributed by atoms with E-state index in [-0.39, 0.29) is 17.7 Å². The van der Waals surface area contributed by atoms with Gasteiger partial charge < -0.3 is 10.0 Å². The molecule has 0 unspecified atom stereocenters. The lowest BCUT2D eigenvalue weighted by molar-refractivity contribution is 0.0716. The van der Waals surface area contributed by atoms with Crippen LogP contribution in [0, 0.1) is 0 Å². The molecule has 0 saturated carbocycles. The van der Waals surface area contributed by atoms with Crippen LogP contribution in [0.4, 0.5) is 0 Å². The van der Waals surface area contributed by atoms with Crippen LogP contribution in [0.5, 0.6) is 5.75 Å². The number of amides is 1. The van der Waals surface area contributed by atoms with Crippen molar-refractivity contribution < 1.29 is 9.90 Å². The molecule has 1 amide bonds. The molecule has 0 aromatic heterocycles. The highest BCUT2D eigenvalue weighted by Crippen LogP contribution is 2.26. The summed E-state index contributed by atoms with van der Waals surface area (Å²) in [6.07, 6.45) is 2.85. The van der Waals surface area contributed by atoms with Crippen molar-refractivity contribution in [1.82, 2.24) is 4.90 Å². The maximum atomic E-state index is 12.5. The SMILES string of the molecule is CN(C(=O)c1ccccc1O)[C@H]1CCc2ccccc2C1. The van der Waals surface area contributed by atoms with Gasteiger partial charge in [0.05, 0.1) is 5.56 Å². The average molecular weight is 281 g/mol. The zero-order valence-corrected chi connectivity index (χ0v) is 12.1. The molecule has 3 rings (SSSR count). The van der Waals surface area contributed by atoms with Gasteiger partial charge >= 0.3 is 0 Å².